The number of thiazole rings is 1. The zero-order chi connectivity index (χ0) is 38.6. The lowest BCUT2D eigenvalue weighted by Crippen LogP contribution is -2.58. The minimum atomic E-state index is -1.64. The highest BCUT2D eigenvalue weighted by Crippen LogP contribution is 2.44. The molecule has 2 aliphatic heterocycles. The smallest absolute Gasteiger partial charge is 0.413 e. The molecule has 2 N–H and O–H groups in total. The number of oxime groups is 1. The number of benzene rings is 1. The maximum Gasteiger partial charge on any atom is 0.413 e. The first-order valence-electron chi connectivity index (χ1n) is 16.0. The number of β-lactam (4-membered cyclic amide) rings is 1. The summed E-state index contributed by atoms with van der Waals surface area (Å²) in [7, 11) is 1.54. The average Bonchev–Trinajstić information content (AvgIpc) is 3.48. The number of nitrogens with zero attached hydrogens (tertiary/aromatic N) is 3. The van der Waals surface area contributed by atoms with E-state index in [1.165, 1.54) is 43.0 Å². The molecule has 0 radical (unpaired) electrons. The van der Waals surface area contributed by atoms with Crippen molar-refractivity contribution in [3.05, 3.63) is 52.2 Å². The van der Waals surface area contributed by atoms with Crippen LogP contribution in [0, 0.1) is 0 Å². The lowest BCUT2D eigenvalue weighted by Gasteiger charge is -2.46. The Morgan fingerprint density at radius 3 is 2.25 bits per heavy atom. The highest BCUT2D eigenvalue weighted by molar-refractivity contribution is 8.00. The fourth-order valence-electron chi connectivity index (χ4n) is 4.53. The number of alkyl halides is 1. The molecule has 52 heavy (non-hydrogen) atoms. The molecule has 1 saturated heterocycles. The van der Waals surface area contributed by atoms with E-state index in [2.05, 4.69) is 20.8 Å². The number of anilines is 1. The number of ether oxygens (including phenoxy) is 4. The minimum absolute atomic E-state index is 0.00895. The van der Waals surface area contributed by atoms with Crippen molar-refractivity contribution in [1.82, 2.24) is 15.2 Å². The van der Waals surface area contributed by atoms with E-state index in [-0.39, 0.29) is 52.6 Å². The summed E-state index contributed by atoms with van der Waals surface area (Å²) < 4.78 is 21.5. The van der Waals surface area contributed by atoms with Crippen molar-refractivity contribution in [3.8, 4) is 5.75 Å². The second-order valence-corrected chi connectivity index (χ2v) is 16.5. The monoisotopic (exact) mass is 779 g/mol. The number of halogens is 1. The van der Waals surface area contributed by atoms with E-state index in [9.17, 15) is 24.0 Å². The number of amides is 3. The van der Waals surface area contributed by atoms with Crippen molar-refractivity contribution in [1.29, 1.82) is 0 Å². The number of rotatable bonds is 12. The topological polar surface area (TPSA) is 184 Å². The van der Waals surface area contributed by atoms with Gasteiger partial charge in [-0.15, -0.1) is 34.7 Å². The third-order valence-corrected chi connectivity index (χ3v) is 9.43. The lowest BCUT2D eigenvalue weighted by molar-refractivity contribution is -0.179. The van der Waals surface area contributed by atoms with Crippen LogP contribution in [-0.2, 0) is 44.8 Å². The maximum absolute atomic E-state index is 14.0. The Balaban J connectivity index is 1.63. The van der Waals surface area contributed by atoms with Gasteiger partial charge in [-0.05, 0) is 73.1 Å². The molecule has 1 unspecified atom stereocenters. The van der Waals surface area contributed by atoms with Crippen LogP contribution >= 0.6 is 34.7 Å². The van der Waals surface area contributed by atoms with Crippen LogP contribution in [0.4, 0.5) is 9.93 Å². The molecule has 4 rings (SSSR count). The van der Waals surface area contributed by atoms with Crippen molar-refractivity contribution in [2.75, 3.05) is 18.3 Å². The van der Waals surface area contributed by atoms with Gasteiger partial charge >= 0.3 is 18.0 Å². The molecule has 2 aromatic rings. The molecule has 0 saturated carbocycles. The summed E-state index contributed by atoms with van der Waals surface area (Å²) in [6.45, 7) is 13.0. The van der Waals surface area contributed by atoms with Gasteiger partial charge < -0.3 is 29.1 Å². The van der Waals surface area contributed by atoms with Gasteiger partial charge in [-0.25, -0.2) is 19.4 Å². The van der Waals surface area contributed by atoms with E-state index < -0.39 is 51.5 Å². The lowest BCUT2D eigenvalue weighted by atomic mass is 10.1. The number of carbonyl (C=O) groups is 5. The van der Waals surface area contributed by atoms with Gasteiger partial charge in [0.15, 0.2) is 10.8 Å². The standard InChI is InChI=1S/C34H42ClN5O10S2/c1-32(2,3)48-29(44)34(7,8)50-39-24(21-17-51-30(36-21)38-31(45)49-33(4,5)6)26(42)37-27-20(15-35)25(40-22(41)14-23(40)52-27)28(43)47-16-18-10-12-19(46-9)13-11-18/h10-13,17,23,27H,14-16H2,1-9H3,(H,37,42)(H,36,38,45)/b39-24+/t23-,27?/m1/s1. The quantitative estimate of drug-likeness (QED) is 0.0707. The summed E-state index contributed by atoms with van der Waals surface area (Å²) in [5, 5.41) is 9.54. The Hall–Kier alpha value is -4.35. The van der Waals surface area contributed by atoms with Crippen LogP contribution in [0.3, 0.4) is 0 Å². The summed E-state index contributed by atoms with van der Waals surface area (Å²) in [5.74, 6) is -2.26. The van der Waals surface area contributed by atoms with Crippen molar-refractivity contribution in [2.24, 2.45) is 5.16 Å². The Bertz CT molecular complexity index is 1760. The molecule has 0 bridgehead atoms. The summed E-state index contributed by atoms with van der Waals surface area (Å²) in [6, 6.07) is 6.92. The molecule has 1 aromatic heterocycles. The summed E-state index contributed by atoms with van der Waals surface area (Å²) in [4.78, 5) is 76.8. The van der Waals surface area contributed by atoms with Gasteiger partial charge in [-0.3, -0.25) is 19.8 Å². The van der Waals surface area contributed by atoms with E-state index in [4.69, 9.17) is 35.4 Å². The molecule has 1 fully saturated rings. The Labute approximate surface area is 314 Å². The van der Waals surface area contributed by atoms with Gasteiger partial charge in [0, 0.05) is 16.8 Å². The van der Waals surface area contributed by atoms with E-state index in [0.717, 1.165) is 11.3 Å². The summed E-state index contributed by atoms with van der Waals surface area (Å²) >= 11 is 8.57. The third-order valence-electron chi connectivity index (χ3n) is 7.01. The van der Waals surface area contributed by atoms with Gasteiger partial charge in [0.1, 0.15) is 40.3 Å². The van der Waals surface area contributed by atoms with Crippen LogP contribution in [0.15, 0.2) is 46.1 Å². The zero-order valence-electron chi connectivity index (χ0n) is 30.3. The largest absolute Gasteiger partial charge is 0.497 e. The van der Waals surface area contributed by atoms with Gasteiger partial charge in [-0.1, -0.05) is 17.3 Å². The number of thioether (sulfide) groups is 1. The molecule has 0 spiro atoms. The van der Waals surface area contributed by atoms with Gasteiger partial charge in [0.2, 0.25) is 11.5 Å². The number of methoxy groups -OCH3 is 1. The highest BCUT2D eigenvalue weighted by Gasteiger charge is 2.49. The van der Waals surface area contributed by atoms with Gasteiger partial charge in [0.05, 0.1) is 18.9 Å². The Morgan fingerprint density at radius 2 is 1.67 bits per heavy atom. The molecular formula is C34H42ClN5O10S2. The number of hydrogen-bond acceptors (Lipinski definition) is 14. The molecule has 3 amide bonds. The number of fused-ring (bicyclic) bond motifs is 1. The molecule has 2 aliphatic rings. The molecule has 0 aliphatic carbocycles. The minimum Gasteiger partial charge on any atom is -0.497 e. The first kappa shape index (κ1) is 40.4. The molecule has 15 nitrogen and oxygen atoms in total. The molecule has 3 heterocycles. The van der Waals surface area contributed by atoms with Gasteiger partial charge in [0.25, 0.3) is 5.91 Å². The SMILES string of the molecule is COc1ccc(COC(=O)C2=C(CCl)C(NC(=O)/C(=N/OC(C)(C)C(=O)OC(C)(C)C)c3csc(NC(=O)OC(C)(C)C)n3)S[C@@H]3CC(=O)N23)cc1. The van der Waals surface area contributed by atoms with E-state index in [1.54, 1.807) is 65.8 Å². The van der Waals surface area contributed by atoms with E-state index in [0.29, 0.717) is 11.3 Å². The van der Waals surface area contributed by atoms with Crippen molar-refractivity contribution < 1.29 is 47.8 Å². The summed E-state index contributed by atoms with van der Waals surface area (Å²) in [6.07, 6.45) is -0.651. The van der Waals surface area contributed by atoms with Crippen LogP contribution in [0.2, 0.25) is 0 Å². The summed E-state index contributed by atoms with van der Waals surface area (Å²) in [5.41, 5.74) is -2.77. The van der Waals surface area contributed by atoms with Gasteiger partial charge in [-0.2, -0.15) is 0 Å². The molecule has 1 aromatic carbocycles. The second kappa shape index (κ2) is 16.1. The predicted molar refractivity (Wildman–Crippen MR) is 195 cm³/mol. The predicted octanol–water partition coefficient (Wildman–Crippen LogP) is 5.32. The first-order chi connectivity index (χ1) is 24.2. The van der Waals surface area contributed by atoms with Crippen LogP contribution in [-0.4, -0.2) is 86.0 Å². The molecule has 18 heteroatoms. The molecule has 2 atom stereocenters. The van der Waals surface area contributed by atoms with Crippen LogP contribution in [0.25, 0.3) is 0 Å². The average molecular weight is 780 g/mol. The maximum atomic E-state index is 14.0. The van der Waals surface area contributed by atoms with Crippen molar-refractivity contribution >= 4 is 75.4 Å². The number of carbonyl (C=O) groups excluding carboxylic acids is 5. The number of nitrogens with one attached hydrogen (secondary N) is 2. The van der Waals surface area contributed by atoms with Crippen LogP contribution < -0.4 is 15.4 Å². The van der Waals surface area contributed by atoms with Crippen LogP contribution in [0.1, 0.15) is 73.1 Å². The zero-order valence-corrected chi connectivity index (χ0v) is 32.7. The van der Waals surface area contributed by atoms with Crippen LogP contribution in [0.5, 0.6) is 5.75 Å². The first-order valence-corrected chi connectivity index (χ1v) is 18.4. The number of esters is 2. The number of hydrogen-bond donors (Lipinski definition) is 2. The highest BCUT2D eigenvalue weighted by atomic mass is 35.5. The second-order valence-electron chi connectivity index (χ2n) is 14.1. The van der Waals surface area contributed by atoms with E-state index >= 15 is 0 Å². The fourth-order valence-corrected chi connectivity index (χ4v) is 7.01. The fraction of sp³-hybridized carbons (Fsp3) is 0.500. The van der Waals surface area contributed by atoms with Crippen molar-refractivity contribution in [2.45, 2.75) is 96.0 Å². The third kappa shape index (κ3) is 10.4. The van der Waals surface area contributed by atoms with Crippen molar-refractivity contribution in [3.63, 3.8) is 0 Å². The number of aromatic nitrogens is 1. The normalized spacial score (nSPS) is 17.8. The Kier molecular flexibility index (Phi) is 12.5. The Morgan fingerprint density at radius 1 is 1.02 bits per heavy atom. The van der Waals surface area contributed by atoms with E-state index in [1.807, 2.05) is 0 Å². The molecular weight excluding hydrogens is 738 g/mol. The molecule has 282 valence electrons.